The maximum absolute atomic E-state index is 13.7. The second-order valence-electron chi connectivity index (χ2n) is 9.19. The maximum Gasteiger partial charge on any atom is 0.302 e. The molecule has 0 spiro atoms. The summed E-state index contributed by atoms with van der Waals surface area (Å²) in [6.07, 6.45) is 9.30. The molecule has 6 rings (SSSR count). The van der Waals surface area contributed by atoms with E-state index in [9.17, 15) is 9.59 Å². The van der Waals surface area contributed by atoms with Crippen LogP contribution >= 0.6 is 15.9 Å². The highest BCUT2D eigenvalue weighted by Crippen LogP contribution is 2.36. The van der Waals surface area contributed by atoms with Gasteiger partial charge in [-0.1, -0.05) is 22.0 Å². The van der Waals surface area contributed by atoms with Crippen LogP contribution in [0.2, 0.25) is 0 Å². The van der Waals surface area contributed by atoms with Crippen molar-refractivity contribution < 1.29 is 14.3 Å². The molecule has 7 nitrogen and oxygen atoms in total. The average Bonchev–Trinajstić information content (AvgIpc) is 3.22. The van der Waals surface area contributed by atoms with Crippen molar-refractivity contribution in [3.63, 3.8) is 0 Å². The zero-order valence-corrected chi connectivity index (χ0v) is 22.1. The Morgan fingerprint density at radius 2 is 1.71 bits per heavy atom. The van der Waals surface area contributed by atoms with Gasteiger partial charge in [-0.25, -0.2) is 0 Å². The van der Waals surface area contributed by atoms with E-state index in [2.05, 4.69) is 42.4 Å². The van der Waals surface area contributed by atoms with Crippen LogP contribution < -0.4 is 10.2 Å². The van der Waals surface area contributed by atoms with E-state index in [4.69, 9.17) is 9.47 Å². The number of hydrogen-bond donors (Lipinski definition) is 0. The Kier molecular flexibility index (Phi) is 6.25. The Morgan fingerprint density at radius 3 is 2.50 bits per heavy atom. The fourth-order valence-electron chi connectivity index (χ4n) is 4.80. The largest absolute Gasteiger partial charge is 0.489 e. The molecule has 0 bridgehead atoms. The molecule has 0 radical (unpaired) electrons. The minimum absolute atomic E-state index is 0.0243. The highest BCUT2D eigenvalue weighted by atomic mass is 79.9. The van der Waals surface area contributed by atoms with Crippen molar-refractivity contribution >= 4 is 49.1 Å². The average molecular weight is 568 g/mol. The number of benzene rings is 2. The van der Waals surface area contributed by atoms with Crippen LogP contribution in [0.5, 0.6) is 5.75 Å². The number of fused-ring (bicyclic) bond motifs is 3. The third-order valence-corrected chi connectivity index (χ3v) is 6.96. The molecule has 0 atom stereocenters. The third kappa shape index (κ3) is 4.59. The molecule has 38 heavy (non-hydrogen) atoms. The van der Waals surface area contributed by atoms with Gasteiger partial charge in [-0.15, -0.1) is 0 Å². The summed E-state index contributed by atoms with van der Waals surface area (Å²) in [6, 6.07) is 15.7. The van der Waals surface area contributed by atoms with Crippen LogP contribution in [0.3, 0.4) is 0 Å². The molecule has 0 saturated carbocycles. The first-order chi connectivity index (χ1) is 18.5. The zero-order valence-electron chi connectivity index (χ0n) is 20.5. The van der Waals surface area contributed by atoms with E-state index in [-0.39, 0.29) is 24.6 Å². The van der Waals surface area contributed by atoms with Gasteiger partial charge in [-0.2, -0.15) is 0 Å². The van der Waals surface area contributed by atoms with E-state index in [0.717, 1.165) is 43.0 Å². The van der Waals surface area contributed by atoms with Gasteiger partial charge in [0, 0.05) is 76.3 Å². The first kappa shape index (κ1) is 24.1. The van der Waals surface area contributed by atoms with Crippen LogP contribution in [0.4, 0.5) is 0 Å². The Labute approximate surface area is 226 Å². The lowest BCUT2D eigenvalue weighted by atomic mass is 10.0. The number of carbonyl (C=O) groups is 1. The van der Waals surface area contributed by atoms with Gasteiger partial charge < -0.3 is 13.9 Å². The van der Waals surface area contributed by atoms with Gasteiger partial charge in [0.1, 0.15) is 19.0 Å². The summed E-state index contributed by atoms with van der Waals surface area (Å²) in [6.45, 7) is 1.78. The van der Waals surface area contributed by atoms with Crippen molar-refractivity contribution in [2.24, 2.45) is 0 Å². The number of halogens is 1. The Morgan fingerprint density at radius 1 is 0.921 bits per heavy atom. The van der Waals surface area contributed by atoms with Gasteiger partial charge in [0.25, 0.3) is 0 Å². The van der Waals surface area contributed by atoms with Crippen LogP contribution in [-0.2, 0) is 29.2 Å². The molecule has 0 amide bonds. The van der Waals surface area contributed by atoms with E-state index in [0.29, 0.717) is 23.1 Å². The molecule has 2 aromatic carbocycles. The van der Waals surface area contributed by atoms with Crippen LogP contribution in [0, 0.1) is 0 Å². The minimum Gasteiger partial charge on any atom is -0.489 e. The molecule has 0 aliphatic rings. The van der Waals surface area contributed by atoms with Crippen LogP contribution in [-0.4, -0.2) is 20.3 Å². The van der Waals surface area contributed by atoms with Crippen molar-refractivity contribution in [2.45, 2.75) is 26.6 Å². The van der Waals surface area contributed by atoms with Gasteiger partial charge in [0.15, 0.2) is 5.43 Å². The van der Waals surface area contributed by atoms with Crippen LogP contribution in [0.15, 0.2) is 88.8 Å². The number of rotatable bonds is 7. The standard InChI is InChI=1S/C30H22BrN3O4/c1-18(35)37-16-20-7-21(14-33-13-20)17-38-24-10-26-25-9-23(31)4-5-28(25)34-15-22(8-19-3-2-6-32-12-19)30(36)27(11-24)29(26)34/h2-7,9-15H,8,16-17H2,1H3. The number of ether oxygens (including phenoxy) is 2. The van der Waals surface area contributed by atoms with Crippen molar-refractivity contribution in [1.82, 2.24) is 14.4 Å². The van der Waals surface area contributed by atoms with Gasteiger partial charge in [0.2, 0.25) is 0 Å². The fourth-order valence-corrected chi connectivity index (χ4v) is 5.17. The number of aromatic nitrogens is 3. The maximum atomic E-state index is 13.7. The summed E-state index contributed by atoms with van der Waals surface area (Å²) < 4.78 is 14.3. The van der Waals surface area contributed by atoms with Crippen molar-refractivity contribution in [3.8, 4) is 5.75 Å². The van der Waals surface area contributed by atoms with E-state index in [1.807, 2.05) is 42.6 Å². The smallest absolute Gasteiger partial charge is 0.302 e. The molecule has 0 unspecified atom stereocenters. The van der Waals surface area contributed by atoms with E-state index in [1.165, 1.54) is 6.92 Å². The zero-order chi connectivity index (χ0) is 26.2. The lowest BCUT2D eigenvalue weighted by Crippen LogP contribution is -2.12. The predicted molar refractivity (Wildman–Crippen MR) is 149 cm³/mol. The Bertz CT molecular complexity index is 1870. The molecular formula is C30H22BrN3O4. The number of esters is 1. The normalized spacial score (nSPS) is 11.4. The van der Waals surface area contributed by atoms with Crippen molar-refractivity contribution in [1.29, 1.82) is 0 Å². The van der Waals surface area contributed by atoms with Gasteiger partial charge in [0.05, 0.1) is 16.4 Å². The monoisotopic (exact) mass is 567 g/mol. The third-order valence-electron chi connectivity index (χ3n) is 6.47. The quantitative estimate of drug-likeness (QED) is 0.226. The number of carbonyl (C=O) groups excluding carboxylic acids is 1. The minimum atomic E-state index is -0.346. The van der Waals surface area contributed by atoms with Crippen molar-refractivity contribution in [2.75, 3.05) is 0 Å². The molecular weight excluding hydrogens is 546 g/mol. The summed E-state index contributed by atoms with van der Waals surface area (Å²) in [4.78, 5) is 33.3. The number of nitrogens with zero attached hydrogens (tertiary/aromatic N) is 3. The molecule has 6 aromatic rings. The fraction of sp³-hybridized carbons (Fsp3) is 0.133. The van der Waals surface area contributed by atoms with Crippen LogP contribution in [0.25, 0.3) is 27.2 Å². The summed E-state index contributed by atoms with van der Waals surface area (Å²) in [5.41, 5.74) is 5.13. The highest BCUT2D eigenvalue weighted by Gasteiger charge is 2.18. The van der Waals surface area contributed by atoms with E-state index < -0.39 is 0 Å². The lowest BCUT2D eigenvalue weighted by Gasteiger charge is -2.11. The highest BCUT2D eigenvalue weighted by molar-refractivity contribution is 9.10. The molecule has 0 saturated heterocycles. The second kappa shape index (κ2) is 9.87. The second-order valence-corrected chi connectivity index (χ2v) is 10.1. The van der Waals surface area contributed by atoms with E-state index in [1.54, 1.807) is 24.8 Å². The molecule has 0 aliphatic carbocycles. The molecule has 0 fully saturated rings. The molecule has 4 aromatic heterocycles. The van der Waals surface area contributed by atoms with E-state index >= 15 is 0 Å². The molecule has 188 valence electrons. The summed E-state index contributed by atoms with van der Waals surface area (Å²) in [7, 11) is 0. The number of hydrogen-bond acceptors (Lipinski definition) is 6. The Hall–Kier alpha value is -4.30. The molecule has 8 heteroatoms. The summed E-state index contributed by atoms with van der Waals surface area (Å²) in [5.74, 6) is 0.245. The molecule has 0 aliphatic heterocycles. The topological polar surface area (TPSA) is 82.8 Å². The first-order valence-electron chi connectivity index (χ1n) is 12.1. The van der Waals surface area contributed by atoms with Gasteiger partial charge >= 0.3 is 5.97 Å². The lowest BCUT2D eigenvalue weighted by molar-refractivity contribution is -0.142. The van der Waals surface area contributed by atoms with Crippen LogP contribution in [0.1, 0.15) is 29.2 Å². The Balaban J connectivity index is 1.43. The predicted octanol–water partition coefficient (Wildman–Crippen LogP) is 5.83. The molecule has 0 N–H and O–H groups in total. The summed E-state index contributed by atoms with van der Waals surface area (Å²) >= 11 is 3.59. The van der Waals surface area contributed by atoms with Gasteiger partial charge in [-0.05, 0) is 48.0 Å². The van der Waals surface area contributed by atoms with Crippen molar-refractivity contribution in [3.05, 3.63) is 116 Å². The first-order valence-corrected chi connectivity index (χ1v) is 12.9. The molecule has 4 heterocycles. The van der Waals surface area contributed by atoms with Gasteiger partial charge in [-0.3, -0.25) is 19.6 Å². The summed E-state index contributed by atoms with van der Waals surface area (Å²) in [5, 5.41) is 2.58. The number of pyridine rings is 3. The SMILES string of the molecule is CC(=O)OCc1cncc(COc2cc3c(=O)c(Cc4cccnc4)cn4c5ccc(Br)cc5c(c2)c34)c1.